The SMILES string of the molecule is CCCCCNC(=O)COC(=O)c1cc(S(=O)(=O)NCc2ccco2)ccc1C. The minimum Gasteiger partial charge on any atom is -0.468 e. The van der Waals surface area contributed by atoms with Gasteiger partial charge in [-0.15, -0.1) is 0 Å². The molecule has 1 heterocycles. The molecular formula is C20H26N2O6S. The first-order chi connectivity index (χ1) is 13.8. The average molecular weight is 423 g/mol. The third-order valence-corrected chi connectivity index (χ3v) is 5.59. The number of hydrogen-bond donors (Lipinski definition) is 2. The van der Waals surface area contributed by atoms with Crippen LogP contribution in [0.1, 0.15) is 47.9 Å². The van der Waals surface area contributed by atoms with E-state index in [0.29, 0.717) is 17.9 Å². The van der Waals surface area contributed by atoms with Crippen LogP contribution in [0.25, 0.3) is 0 Å². The Kier molecular flexibility index (Phi) is 8.41. The number of rotatable bonds is 11. The van der Waals surface area contributed by atoms with E-state index >= 15 is 0 Å². The topological polar surface area (TPSA) is 115 Å². The smallest absolute Gasteiger partial charge is 0.338 e. The number of furan rings is 1. The largest absolute Gasteiger partial charge is 0.468 e. The standard InChI is InChI=1S/C20H26N2O6S/c1-3-4-5-10-21-19(23)14-28-20(24)18-12-17(9-8-15(18)2)29(25,26)22-13-16-7-6-11-27-16/h6-9,11-12,22H,3-5,10,13-14H2,1-2H3,(H,21,23). The minimum atomic E-state index is -3.85. The maximum Gasteiger partial charge on any atom is 0.338 e. The van der Waals surface area contributed by atoms with Crippen molar-refractivity contribution in [1.29, 1.82) is 0 Å². The number of carbonyl (C=O) groups excluding carboxylic acids is 2. The molecule has 0 aliphatic heterocycles. The van der Waals surface area contributed by atoms with Gasteiger partial charge in [0.05, 0.1) is 23.3 Å². The second-order valence-corrected chi connectivity index (χ2v) is 8.28. The molecule has 0 fully saturated rings. The summed E-state index contributed by atoms with van der Waals surface area (Å²) in [4.78, 5) is 24.0. The van der Waals surface area contributed by atoms with Crippen molar-refractivity contribution in [1.82, 2.24) is 10.0 Å². The van der Waals surface area contributed by atoms with Gasteiger partial charge in [-0.25, -0.2) is 17.9 Å². The Labute approximate surface area is 170 Å². The summed E-state index contributed by atoms with van der Waals surface area (Å²) >= 11 is 0. The van der Waals surface area contributed by atoms with Gasteiger partial charge >= 0.3 is 5.97 Å². The van der Waals surface area contributed by atoms with Crippen LogP contribution < -0.4 is 10.0 Å². The van der Waals surface area contributed by atoms with E-state index in [0.717, 1.165) is 19.3 Å². The highest BCUT2D eigenvalue weighted by Gasteiger charge is 2.19. The van der Waals surface area contributed by atoms with Gasteiger partial charge in [-0.05, 0) is 43.2 Å². The summed E-state index contributed by atoms with van der Waals surface area (Å²) in [6.07, 6.45) is 4.36. The number of sulfonamides is 1. The molecule has 2 aromatic rings. The van der Waals surface area contributed by atoms with E-state index in [-0.39, 0.29) is 17.0 Å². The quantitative estimate of drug-likeness (QED) is 0.425. The van der Waals surface area contributed by atoms with Crippen LogP contribution in [-0.4, -0.2) is 33.4 Å². The van der Waals surface area contributed by atoms with Crippen molar-refractivity contribution in [2.75, 3.05) is 13.2 Å². The van der Waals surface area contributed by atoms with E-state index < -0.39 is 28.5 Å². The van der Waals surface area contributed by atoms with Crippen LogP contribution in [0.3, 0.4) is 0 Å². The van der Waals surface area contributed by atoms with Crippen LogP contribution in [0.2, 0.25) is 0 Å². The predicted octanol–water partition coefficient (Wildman–Crippen LogP) is 2.53. The highest BCUT2D eigenvalue weighted by atomic mass is 32.2. The molecule has 0 saturated carbocycles. The van der Waals surface area contributed by atoms with Gasteiger partial charge in [0.15, 0.2) is 6.61 Å². The molecule has 0 unspecified atom stereocenters. The number of carbonyl (C=O) groups is 2. The lowest BCUT2D eigenvalue weighted by atomic mass is 10.1. The van der Waals surface area contributed by atoms with Gasteiger partial charge in [-0.2, -0.15) is 0 Å². The van der Waals surface area contributed by atoms with Gasteiger partial charge < -0.3 is 14.5 Å². The fraction of sp³-hybridized carbons (Fsp3) is 0.400. The lowest BCUT2D eigenvalue weighted by molar-refractivity contribution is -0.124. The van der Waals surface area contributed by atoms with Crippen molar-refractivity contribution >= 4 is 21.9 Å². The average Bonchev–Trinajstić information content (AvgIpc) is 3.22. The zero-order valence-electron chi connectivity index (χ0n) is 16.6. The van der Waals surface area contributed by atoms with Gasteiger partial charge in [0, 0.05) is 6.54 Å². The van der Waals surface area contributed by atoms with Crippen molar-refractivity contribution in [3.8, 4) is 0 Å². The first-order valence-corrected chi connectivity index (χ1v) is 10.9. The Morgan fingerprint density at radius 2 is 1.97 bits per heavy atom. The first kappa shape index (κ1) is 22.6. The van der Waals surface area contributed by atoms with Crippen molar-refractivity contribution in [2.24, 2.45) is 0 Å². The van der Waals surface area contributed by atoms with Gasteiger partial charge in [-0.3, -0.25) is 4.79 Å². The molecule has 0 bridgehead atoms. The van der Waals surface area contributed by atoms with Gasteiger partial charge in [-0.1, -0.05) is 25.8 Å². The fourth-order valence-electron chi connectivity index (χ4n) is 2.51. The third kappa shape index (κ3) is 7.03. The summed E-state index contributed by atoms with van der Waals surface area (Å²) in [7, 11) is -3.85. The second kappa shape index (κ2) is 10.8. The number of amides is 1. The number of aryl methyl sites for hydroxylation is 1. The van der Waals surface area contributed by atoms with Crippen molar-refractivity contribution in [2.45, 2.75) is 44.6 Å². The molecule has 1 amide bonds. The Morgan fingerprint density at radius 1 is 1.17 bits per heavy atom. The highest BCUT2D eigenvalue weighted by Crippen LogP contribution is 2.17. The maximum absolute atomic E-state index is 12.5. The molecular weight excluding hydrogens is 396 g/mol. The number of hydrogen-bond acceptors (Lipinski definition) is 6. The molecule has 8 nitrogen and oxygen atoms in total. The molecule has 0 aliphatic rings. The summed E-state index contributed by atoms with van der Waals surface area (Å²) in [5.41, 5.74) is 0.632. The molecule has 0 radical (unpaired) electrons. The molecule has 0 saturated heterocycles. The summed E-state index contributed by atoms with van der Waals surface area (Å²) in [5.74, 6) is -0.685. The number of ether oxygens (including phenoxy) is 1. The van der Waals surface area contributed by atoms with Crippen molar-refractivity contribution in [3.63, 3.8) is 0 Å². The fourth-order valence-corrected chi connectivity index (χ4v) is 3.53. The minimum absolute atomic E-state index is 0.0127. The Hall–Kier alpha value is -2.65. The monoisotopic (exact) mass is 422 g/mol. The van der Waals surface area contributed by atoms with E-state index in [9.17, 15) is 18.0 Å². The molecule has 2 N–H and O–H groups in total. The normalized spacial score (nSPS) is 11.2. The zero-order valence-corrected chi connectivity index (χ0v) is 17.4. The summed E-state index contributed by atoms with van der Waals surface area (Å²) in [5, 5.41) is 2.67. The number of unbranched alkanes of at least 4 members (excludes halogenated alkanes) is 2. The van der Waals surface area contributed by atoms with E-state index in [4.69, 9.17) is 9.15 Å². The number of nitrogens with one attached hydrogen (secondary N) is 2. The molecule has 1 aromatic heterocycles. The third-order valence-electron chi connectivity index (χ3n) is 4.19. The molecule has 2 rings (SSSR count). The lowest BCUT2D eigenvalue weighted by Gasteiger charge is -2.10. The lowest BCUT2D eigenvalue weighted by Crippen LogP contribution is -2.29. The van der Waals surface area contributed by atoms with Crippen LogP contribution >= 0.6 is 0 Å². The Morgan fingerprint density at radius 3 is 2.66 bits per heavy atom. The Bertz CT molecular complexity index is 922. The molecule has 0 spiro atoms. The Balaban J connectivity index is 1.98. The van der Waals surface area contributed by atoms with E-state index in [1.54, 1.807) is 19.1 Å². The molecule has 9 heteroatoms. The molecule has 29 heavy (non-hydrogen) atoms. The van der Waals surface area contributed by atoms with E-state index in [2.05, 4.69) is 17.0 Å². The van der Waals surface area contributed by atoms with Crippen LogP contribution in [0.5, 0.6) is 0 Å². The molecule has 158 valence electrons. The van der Waals surface area contributed by atoms with Crippen molar-refractivity contribution in [3.05, 3.63) is 53.5 Å². The number of esters is 1. The van der Waals surface area contributed by atoms with Crippen LogP contribution in [-0.2, 0) is 26.1 Å². The van der Waals surface area contributed by atoms with Crippen LogP contribution in [0.4, 0.5) is 0 Å². The molecule has 1 aromatic carbocycles. The van der Waals surface area contributed by atoms with Crippen LogP contribution in [0.15, 0.2) is 45.9 Å². The molecule has 0 atom stereocenters. The van der Waals surface area contributed by atoms with Gasteiger partial charge in [0.25, 0.3) is 5.91 Å². The predicted molar refractivity (Wildman–Crippen MR) is 107 cm³/mol. The summed E-state index contributed by atoms with van der Waals surface area (Å²) < 4.78 is 37.5. The second-order valence-electron chi connectivity index (χ2n) is 6.51. The van der Waals surface area contributed by atoms with E-state index in [1.165, 1.54) is 24.5 Å². The first-order valence-electron chi connectivity index (χ1n) is 9.40. The molecule has 0 aliphatic carbocycles. The maximum atomic E-state index is 12.5. The van der Waals surface area contributed by atoms with E-state index in [1.807, 2.05) is 0 Å². The highest BCUT2D eigenvalue weighted by molar-refractivity contribution is 7.89. The van der Waals surface area contributed by atoms with Crippen LogP contribution in [0, 0.1) is 6.92 Å². The van der Waals surface area contributed by atoms with Gasteiger partial charge in [0.1, 0.15) is 5.76 Å². The van der Waals surface area contributed by atoms with Crippen molar-refractivity contribution < 1.29 is 27.2 Å². The summed E-state index contributed by atoms with van der Waals surface area (Å²) in [6.45, 7) is 3.82. The van der Waals surface area contributed by atoms with Gasteiger partial charge in [0.2, 0.25) is 10.0 Å². The number of benzene rings is 1. The zero-order chi connectivity index (χ0) is 21.3. The summed E-state index contributed by atoms with van der Waals surface area (Å²) in [6, 6.07) is 7.46.